The van der Waals surface area contributed by atoms with Gasteiger partial charge in [-0.1, -0.05) is 30.7 Å². The lowest BCUT2D eigenvalue weighted by Crippen LogP contribution is -2.02. The van der Waals surface area contributed by atoms with Crippen molar-refractivity contribution in [2.75, 3.05) is 6.61 Å². The zero-order valence-corrected chi connectivity index (χ0v) is 18.8. The SMILES string of the molecule is CCCc1n[nH]c(=S)n1/N=C\c1ccc(OCc2cc(C)ccc2C)c(OCC)c1. The fourth-order valence-corrected chi connectivity index (χ4v) is 3.26. The van der Waals surface area contributed by atoms with Crippen LogP contribution in [0.3, 0.4) is 0 Å². The molecule has 0 radical (unpaired) electrons. The Kier molecular flexibility index (Phi) is 7.41. The van der Waals surface area contributed by atoms with E-state index >= 15 is 0 Å². The third-order valence-electron chi connectivity index (χ3n) is 4.67. The van der Waals surface area contributed by atoms with E-state index in [1.165, 1.54) is 16.7 Å². The largest absolute Gasteiger partial charge is 0.490 e. The molecule has 3 aromatic rings. The zero-order valence-electron chi connectivity index (χ0n) is 17.9. The summed E-state index contributed by atoms with van der Waals surface area (Å²) in [6.45, 7) is 9.27. The Morgan fingerprint density at radius 3 is 2.70 bits per heavy atom. The average Bonchev–Trinajstić information content (AvgIpc) is 3.08. The molecule has 0 bridgehead atoms. The molecule has 0 aliphatic heterocycles. The molecule has 158 valence electrons. The molecule has 7 heteroatoms. The van der Waals surface area contributed by atoms with Gasteiger partial charge in [0.15, 0.2) is 17.3 Å². The highest BCUT2D eigenvalue weighted by atomic mass is 32.1. The lowest BCUT2D eigenvalue weighted by Gasteiger charge is -2.14. The van der Waals surface area contributed by atoms with Crippen LogP contribution in [0.25, 0.3) is 0 Å². The van der Waals surface area contributed by atoms with E-state index in [0.29, 0.717) is 29.5 Å². The summed E-state index contributed by atoms with van der Waals surface area (Å²) in [5.41, 5.74) is 4.49. The topological polar surface area (TPSA) is 64.4 Å². The molecule has 0 fully saturated rings. The molecule has 0 amide bonds. The molecule has 0 unspecified atom stereocenters. The first kappa shape index (κ1) is 21.8. The number of nitrogens with zero attached hydrogens (tertiary/aromatic N) is 3. The van der Waals surface area contributed by atoms with Crippen molar-refractivity contribution < 1.29 is 9.47 Å². The summed E-state index contributed by atoms with van der Waals surface area (Å²) in [6.07, 6.45) is 3.53. The van der Waals surface area contributed by atoms with Gasteiger partial charge in [0.1, 0.15) is 6.61 Å². The molecule has 0 aliphatic rings. The number of aryl methyl sites for hydroxylation is 3. The van der Waals surface area contributed by atoms with Gasteiger partial charge in [-0.05, 0) is 74.3 Å². The first-order valence-electron chi connectivity index (χ1n) is 10.2. The van der Waals surface area contributed by atoms with Gasteiger partial charge in [0, 0.05) is 6.42 Å². The Hall–Kier alpha value is -2.93. The maximum Gasteiger partial charge on any atom is 0.216 e. The molecule has 1 N–H and O–H groups in total. The highest BCUT2D eigenvalue weighted by molar-refractivity contribution is 7.71. The van der Waals surface area contributed by atoms with E-state index in [4.69, 9.17) is 21.7 Å². The molecule has 1 heterocycles. The average molecular weight is 425 g/mol. The minimum atomic E-state index is 0.480. The Labute approximate surface area is 182 Å². The molecule has 6 nitrogen and oxygen atoms in total. The van der Waals surface area contributed by atoms with Crippen LogP contribution in [0.15, 0.2) is 41.5 Å². The van der Waals surface area contributed by atoms with E-state index in [0.717, 1.165) is 24.2 Å². The molecule has 3 rings (SSSR count). The summed E-state index contributed by atoms with van der Waals surface area (Å²) in [5, 5.41) is 11.5. The van der Waals surface area contributed by atoms with E-state index in [1.54, 1.807) is 10.9 Å². The third kappa shape index (κ3) is 5.36. The summed E-state index contributed by atoms with van der Waals surface area (Å²) >= 11 is 5.28. The number of ether oxygens (including phenoxy) is 2. The second kappa shape index (κ2) is 10.2. The van der Waals surface area contributed by atoms with Gasteiger partial charge in [-0.3, -0.25) is 5.10 Å². The zero-order chi connectivity index (χ0) is 21.5. The van der Waals surface area contributed by atoms with E-state index in [9.17, 15) is 0 Å². The van der Waals surface area contributed by atoms with Crippen LogP contribution in [0.2, 0.25) is 0 Å². The van der Waals surface area contributed by atoms with Crippen LogP contribution in [0, 0.1) is 18.6 Å². The number of rotatable bonds is 9. The maximum atomic E-state index is 6.08. The highest BCUT2D eigenvalue weighted by Gasteiger charge is 2.09. The predicted octanol–water partition coefficient (Wildman–Crippen LogP) is 5.37. The lowest BCUT2D eigenvalue weighted by molar-refractivity contribution is 0.269. The van der Waals surface area contributed by atoms with Crippen molar-refractivity contribution in [3.05, 3.63) is 69.2 Å². The number of aromatic nitrogens is 3. The van der Waals surface area contributed by atoms with Crippen LogP contribution in [-0.4, -0.2) is 27.7 Å². The van der Waals surface area contributed by atoms with Crippen LogP contribution in [0.1, 0.15) is 48.3 Å². The van der Waals surface area contributed by atoms with E-state index in [1.807, 2.05) is 25.1 Å². The number of nitrogens with one attached hydrogen (secondary N) is 1. The predicted molar refractivity (Wildman–Crippen MR) is 122 cm³/mol. The standard InChI is InChI=1S/C23H28N4O2S/c1-5-7-22-25-26-23(30)27(22)24-14-18-10-11-20(21(13-18)28-6-2)29-15-19-12-16(3)8-9-17(19)4/h8-14H,5-7,15H2,1-4H3,(H,26,30)/b24-14-. The highest BCUT2D eigenvalue weighted by Crippen LogP contribution is 2.29. The Bertz CT molecular complexity index is 1090. The van der Waals surface area contributed by atoms with Crippen molar-refractivity contribution in [1.82, 2.24) is 14.9 Å². The van der Waals surface area contributed by atoms with Crippen molar-refractivity contribution in [3.63, 3.8) is 0 Å². The van der Waals surface area contributed by atoms with Crippen LogP contribution >= 0.6 is 12.2 Å². The fourth-order valence-electron chi connectivity index (χ4n) is 3.06. The van der Waals surface area contributed by atoms with Crippen molar-refractivity contribution in [2.24, 2.45) is 5.10 Å². The Balaban J connectivity index is 1.80. The van der Waals surface area contributed by atoms with Gasteiger partial charge < -0.3 is 9.47 Å². The second-order valence-electron chi connectivity index (χ2n) is 7.11. The fraction of sp³-hybridized carbons (Fsp3) is 0.348. The molecular formula is C23H28N4O2S. The molecule has 0 atom stereocenters. The van der Waals surface area contributed by atoms with Crippen LogP contribution in [0.5, 0.6) is 11.5 Å². The first-order chi connectivity index (χ1) is 14.5. The van der Waals surface area contributed by atoms with Crippen molar-refractivity contribution in [3.8, 4) is 11.5 Å². The second-order valence-corrected chi connectivity index (χ2v) is 7.50. The summed E-state index contributed by atoms with van der Waals surface area (Å²) in [4.78, 5) is 0. The Morgan fingerprint density at radius 2 is 1.93 bits per heavy atom. The monoisotopic (exact) mass is 424 g/mol. The van der Waals surface area contributed by atoms with Crippen molar-refractivity contribution in [2.45, 2.75) is 47.1 Å². The Morgan fingerprint density at radius 1 is 1.10 bits per heavy atom. The van der Waals surface area contributed by atoms with Gasteiger partial charge in [0.05, 0.1) is 12.8 Å². The van der Waals surface area contributed by atoms with Gasteiger partial charge in [-0.2, -0.15) is 14.9 Å². The number of H-pyrrole nitrogens is 1. The number of benzene rings is 2. The van der Waals surface area contributed by atoms with Crippen LogP contribution in [0.4, 0.5) is 0 Å². The molecular weight excluding hydrogens is 396 g/mol. The minimum Gasteiger partial charge on any atom is -0.490 e. The van der Waals surface area contributed by atoms with Crippen LogP contribution in [-0.2, 0) is 13.0 Å². The van der Waals surface area contributed by atoms with Crippen molar-refractivity contribution in [1.29, 1.82) is 0 Å². The van der Waals surface area contributed by atoms with Gasteiger partial charge in [-0.15, -0.1) is 0 Å². The smallest absolute Gasteiger partial charge is 0.216 e. The summed E-state index contributed by atoms with van der Waals surface area (Å²) in [7, 11) is 0. The normalized spacial score (nSPS) is 11.2. The molecule has 0 saturated heterocycles. The summed E-state index contributed by atoms with van der Waals surface area (Å²) in [5.74, 6) is 2.22. The van der Waals surface area contributed by atoms with E-state index < -0.39 is 0 Å². The minimum absolute atomic E-state index is 0.480. The molecule has 0 aliphatic carbocycles. The van der Waals surface area contributed by atoms with Gasteiger partial charge in [-0.25, -0.2) is 0 Å². The molecule has 0 spiro atoms. The number of hydrogen-bond donors (Lipinski definition) is 1. The maximum absolute atomic E-state index is 6.08. The van der Waals surface area contributed by atoms with E-state index in [2.05, 4.69) is 54.3 Å². The number of aromatic amines is 1. The van der Waals surface area contributed by atoms with Gasteiger partial charge in [0.2, 0.25) is 4.77 Å². The molecule has 30 heavy (non-hydrogen) atoms. The van der Waals surface area contributed by atoms with Gasteiger partial charge in [0.25, 0.3) is 0 Å². The summed E-state index contributed by atoms with van der Waals surface area (Å²) in [6, 6.07) is 12.2. The van der Waals surface area contributed by atoms with E-state index in [-0.39, 0.29) is 0 Å². The molecule has 0 saturated carbocycles. The quantitative estimate of drug-likeness (QED) is 0.370. The van der Waals surface area contributed by atoms with Gasteiger partial charge >= 0.3 is 0 Å². The molecule has 2 aromatic carbocycles. The summed E-state index contributed by atoms with van der Waals surface area (Å²) < 4.78 is 14.0. The number of hydrogen-bond acceptors (Lipinski definition) is 5. The third-order valence-corrected chi connectivity index (χ3v) is 4.93. The lowest BCUT2D eigenvalue weighted by atomic mass is 10.1. The van der Waals surface area contributed by atoms with Crippen molar-refractivity contribution >= 4 is 18.4 Å². The first-order valence-corrected chi connectivity index (χ1v) is 10.6. The molecule has 1 aromatic heterocycles. The van der Waals surface area contributed by atoms with Crippen LogP contribution < -0.4 is 9.47 Å².